The Hall–Kier alpha value is -3.35. The number of aromatic nitrogens is 3. The molecule has 6 nitrogen and oxygen atoms in total. The van der Waals surface area contributed by atoms with Gasteiger partial charge in [0.25, 0.3) is 5.91 Å². The molecule has 0 aliphatic rings. The Bertz CT molecular complexity index is 900. The Balaban J connectivity index is 1.58. The van der Waals surface area contributed by atoms with Gasteiger partial charge >= 0.3 is 0 Å². The second-order valence-corrected chi connectivity index (χ2v) is 6.03. The molecule has 1 aromatic carbocycles. The van der Waals surface area contributed by atoms with E-state index < -0.39 is 0 Å². The number of hydrogen-bond acceptors (Lipinski definition) is 5. The Morgan fingerprint density at radius 3 is 2.67 bits per heavy atom. The van der Waals surface area contributed by atoms with E-state index in [0.29, 0.717) is 36.8 Å². The monoisotopic (exact) mass is 365 g/mol. The van der Waals surface area contributed by atoms with Gasteiger partial charge in [-0.2, -0.15) is 0 Å². The molecule has 0 saturated carbocycles. The second kappa shape index (κ2) is 8.84. The molecular formula is C20H20FN5O. The third-order valence-electron chi connectivity index (χ3n) is 3.85. The zero-order chi connectivity index (χ0) is 19.1. The van der Waals surface area contributed by atoms with E-state index in [2.05, 4.69) is 25.6 Å². The van der Waals surface area contributed by atoms with Crippen molar-refractivity contribution >= 4 is 11.9 Å². The van der Waals surface area contributed by atoms with Gasteiger partial charge in [-0.15, -0.1) is 0 Å². The van der Waals surface area contributed by atoms with E-state index in [0.717, 1.165) is 11.3 Å². The molecule has 0 radical (unpaired) electrons. The first-order valence-corrected chi connectivity index (χ1v) is 8.62. The number of carbonyl (C=O) groups is 1. The van der Waals surface area contributed by atoms with Crippen LogP contribution in [0.1, 0.15) is 27.4 Å². The molecule has 27 heavy (non-hydrogen) atoms. The van der Waals surface area contributed by atoms with E-state index in [1.165, 1.54) is 12.1 Å². The summed E-state index contributed by atoms with van der Waals surface area (Å²) >= 11 is 0. The summed E-state index contributed by atoms with van der Waals surface area (Å²) in [6.07, 6.45) is 2.37. The first kappa shape index (κ1) is 18.4. The number of anilines is 1. The van der Waals surface area contributed by atoms with E-state index in [4.69, 9.17) is 0 Å². The predicted octanol–water partition coefficient (Wildman–Crippen LogP) is 2.90. The van der Waals surface area contributed by atoms with Gasteiger partial charge < -0.3 is 10.6 Å². The summed E-state index contributed by atoms with van der Waals surface area (Å²) in [5, 5.41) is 5.91. The summed E-state index contributed by atoms with van der Waals surface area (Å²) in [6, 6.07) is 13.5. The van der Waals surface area contributed by atoms with Crippen LogP contribution in [0.2, 0.25) is 0 Å². The van der Waals surface area contributed by atoms with Crippen LogP contribution in [0.4, 0.5) is 10.3 Å². The van der Waals surface area contributed by atoms with Crippen molar-refractivity contribution in [3.8, 4) is 0 Å². The van der Waals surface area contributed by atoms with Gasteiger partial charge in [-0.1, -0.05) is 18.2 Å². The standard InChI is InChI=1S/C20H20FN5O/c1-14-12-18(19(27)24-13-17-4-2-3-10-22-17)26-20(25-14)23-11-9-15-5-7-16(21)8-6-15/h2-8,10,12H,9,11,13H2,1H3,(H,24,27)(H,23,25,26). The van der Waals surface area contributed by atoms with Crippen molar-refractivity contribution in [3.05, 3.63) is 83.2 Å². The van der Waals surface area contributed by atoms with Crippen LogP contribution in [0.5, 0.6) is 0 Å². The van der Waals surface area contributed by atoms with Crippen molar-refractivity contribution in [1.29, 1.82) is 0 Å². The van der Waals surface area contributed by atoms with Crippen LogP contribution in [0, 0.1) is 12.7 Å². The number of nitrogens with one attached hydrogen (secondary N) is 2. The third-order valence-corrected chi connectivity index (χ3v) is 3.85. The largest absolute Gasteiger partial charge is 0.354 e. The number of rotatable bonds is 7. The van der Waals surface area contributed by atoms with Gasteiger partial charge in [0, 0.05) is 18.4 Å². The number of pyridine rings is 1. The van der Waals surface area contributed by atoms with Gasteiger partial charge in [-0.3, -0.25) is 9.78 Å². The molecule has 7 heteroatoms. The SMILES string of the molecule is Cc1cc(C(=O)NCc2ccccn2)nc(NCCc2ccc(F)cc2)n1. The van der Waals surface area contributed by atoms with E-state index >= 15 is 0 Å². The molecule has 1 amide bonds. The molecule has 0 unspecified atom stereocenters. The Morgan fingerprint density at radius 1 is 1.11 bits per heavy atom. The molecule has 2 aromatic heterocycles. The van der Waals surface area contributed by atoms with Gasteiger partial charge in [-0.05, 0) is 49.2 Å². The summed E-state index contributed by atoms with van der Waals surface area (Å²) < 4.78 is 12.9. The molecule has 0 bridgehead atoms. The summed E-state index contributed by atoms with van der Waals surface area (Å²) in [4.78, 5) is 25.1. The van der Waals surface area contributed by atoms with Crippen molar-refractivity contribution in [1.82, 2.24) is 20.3 Å². The Kier molecular flexibility index (Phi) is 6.04. The molecule has 0 saturated heterocycles. The zero-order valence-electron chi connectivity index (χ0n) is 14.9. The fraction of sp³-hybridized carbons (Fsp3) is 0.200. The summed E-state index contributed by atoms with van der Waals surface area (Å²) in [7, 11) is 0. The number of amides is 1. The lowest BCUT2D eigenvalue weighted by Crippen LogP contribution is -2.25. The molecule has 2 N–H and O–H groups in total. The average Bonchev–Trinajstić information content (AvgIpc) is 2.68. The van der Waals surface area contributed by atoms with Gasteiger partial charge in [0.1, 0.15) is 11.5 Å². The zero-order valence-corrected chi connectivity index (χ0v) is 14.9. The highest BCUT2D eigenvalue weighted by Gasteiger charge is 2.10. The quantitative estimate of drug-likeness (QED) is 0.673. The number of aryl methyl sites for hydroxylation is 1. The number of benzene rings is 1. The predicted molar refractivity (Wildman–Crippen MR) is 101 cm³/mol. The van der Waals surface area contributed by atoms with Crippen molar-refractivity contribution in [3.63, 3.8) is 0 Å². The molecule has 0 aliphatic carbocycles. The maximum atomic E-state index is 12.9. The highest BCUT2D eigenvalue weighted by molar-refractivity contribution is 5.92. The van der Waals surface area contributed by atoms with Gasteiger partial charge in [-0.25, -0.2) is 14.4 Å². The van der Waals surface area contributed by atoms with Crippen molar-refractivity contribution in [2.45, 2.75) is 19.9 Å². The van der Waals surface area contributed by atoms with Crippen molar-refractivity contribution in [2.75, 3.05) is 11.9 Å². The minimum Gasteiger partial charge on any atom is -0.354 e. The second-order valence-electron chi connectivity index (χ2n) is 6.03. The average molecular weight is 365 g/mol. The lowest BCUT2D eigenvalue weighted by molar-refractivity contribution is 0.0945. The minimum atomic E-state index is -0.285. The molecule has 3 aromatic rings. The molecule has 138 valence electrons. The molecule has 2 heterocycles. The Labute approximate surface area is 156 Å². The fourth-order valence-corrected chi connectivity index (χ4v) is 2.50. The Morgan fingerprint density at radius 2 is 1.93 bits per heavy atom. The van der Waals surface area contributed by atoms with E-state index in [-0.39, 0.29) is 11.7 Å². The van der Waals surface area contributed by atoms with Crippen LogP contribution < -0.4 is 10.6 Å². The molecule has 0 fully saturated rings. The van der Waals surface area contributed by atoms with Crippen molar-refractivity contribution < 1.29 is 9.18 Å². The summed E-state index contributed by atoms with van der Waals surface area (Å²) in [6.45, 7) is 2.71. The topological polar surface area (TPSA) is 79.8 Å². The van der Waals surface area contributed by atoms with E-state index in [1.54, 1.807) is 24.4 Å². The maximum Gasteiger partial charge on any atom is 0.270 e. The minimum absolute atomic E-state index is 0.255. The van der Waals surface area contributed by atoms with E-state index in [1.807, 2.05) is 25.1 Å². The normalized spacial score (nSPS) is 10.4. The fourth-order valence-electron chi connectivity index (χ4n) is 2.50. The number of nitrogens with zero attached hydrogens (tertiary/aromatic N) is 3. The van der Waals surface area contributed by atoms with Crippen LogP contribution in [0.25, 0.3) is 0 Å². The van der Waals surface area contributed by atoms with Gasteiger partial charge in [0.05, 0.1) is 12.2 Å². The maximum absolute atomic E-state index is 12.9. The van der Waals surface area contributed by atoms with Crippen LogP contribution in [-0.4, -0.2) is 27.4 Å². The smallest absolute Gasteiger partial charge is 0.270 e. The highest BCUT2D eigenvalue weighted by atomic mass is 19.1. The molecule has 0 spiro atoms. The van der Waals surface area contributed by atoms with Gasteiger partial charge in [0.2, 0.25) is 5.95 Å². The third kappa shape index (κ3) is 5.57. The van der Waals surface area contributed by atoms with Crippen LogP contribution in [0.15, 0.2) is 54.7 Å². The molecule has 0 atom stereocenters. The lowest BCUT2D eigenvalue weighted by atomic mass is 10.1. The molecule has 0 aliphatic heterocycles. The lowest BCUT2D eigenvalue weighted by Gasteiger charge is -2.09. The first-order valence-electron chi connectivity index (χ1n) is 8.62. The van der Waals surface area contributed by atoms with E-state index in [9.17, 15) is 9.18 Å². The highest BCUT2D eigenvalue weighted by Crippen LogP contribution is 2.07. The van der Waals surface area contributed by atoms with Gasteiger partial charge in [0.15, 0.2) is 0 Å². The van der Waals surface area contributed by atoms with Crippen LogP contribution in [-0.2, 0) is 13.0 Å². The summed E-state index contributed by atoms with van der Waals surface area (Å²) in [5.41, 5.74) is 2.76. The van der Waals surface area contributed by atoms with Crippen molar-refractivity contribution in [2.24, 2.45) is 0 Å². The first-order chi connectivity index (χ1) is 13.1. The van der Waals surface area contributed by atoms with Crippen LogP contribution >= 0.6 is 0 Å². The number of hydrogen-bond donors (Lipinski definition) is 2. The molecule has 3 rings (SSSR count). The summed E-state index contributed by atoms with van der Waals surface area (Å²) in [5.74, 6) is -0.150. The number of carbonyl (C=O) groups excluding carboxylic acids is 1. The van der Waals surface area contributed by atoms with Crippen LogP contribution in [0.3, 0.4) is 0 Å². The number of halogens is 1. The molecular weight excluding hydrogens is 345 g/mol.